The summed E-state index contributed by atoms with van der Waals surface area (Å²) in [6, 6.07) is 4.83. The summed E-state index contributed by atoms with van der Waals surface area (Å²) in [5.74, 6) is -0.427. The van der Waals surface area contributed by atoms with E-state index < -0.39 is 27.7 Å². The number of fused-ring (bicyclic) bond motifs is 2. The lowest BCUT2D eigenvalue weighted by molar-refractivity contribution is -0.137. The number of hydrogen-bond donors (Lipinski definition) is 1. The van der Waals surface area contributed by atoms with Gasteiger partial charge in [0.15, 0.2) is 20.5 Å². The SMILES string of the molecule is CCS(=O)(=O)c1c(-c2nc3ccc(C(F)(F)F)cn3n2)nc2cc(NC(=O)OC)ccn12. The molecule has 4 aromatic rings. The Morgan fingerprint density at radius 3 is 2.59 bits per heavy atom. The van der Waals surface area contributed by atoms with Gasteiger partial charge in [-0.15, -0.1) is 5.10 Å². The molecule has 0 unspecified atom stereocenters. The van der Waals surface area contributed by atoms with Gasteiger partial charge in [0.2, 0.25) is 5.82 Å². The van der Waals surface area contributed by atoms with E-state index in [1.165, 1.54) is 36.8 Å². The first-order valence-corrected chi connectivity index (χ1v) is 10.7. The fourth-order valence-corrected chi connectivity index (χ4v) is 4.16. The third kappa shape index (κ3) is 3.72. The minimum Gasteiger partial charge on any atom is -0.453 e. The number of rotatable bonds is 4. The number of halogens is 3. The van der Waals surface area contributed by atoms with Crippen LogP contribution in [0.5, 0.6) is 0 Å². The van der Waals surface area contributed by atoms with E-state index in [0.717, 1.165) is 22.8 Å². The van der Waals surface area contributed by atoms with Crippen LogP contribution in [0.15, 0.2) is 41.7 Å². The Morgan fingerprint density at radius 1 is 1.19 bits per heavy atom. The lowest BCUT2D eigenvalue weighted by atomic mass is 10.3. The normalized spacial score (nSPS) is 12.4. The summed E-state index contributed by atoms with van der Waals surface area (Å²) in [6.07, 6.45) is -3.17. The topological polar surface area (TPSA) is 120 Å². The summed E-state index contributed by atoms with van der Waals surface area (Å²) in [6.45, 7) is 1.44. The molecule has 168 valence electrons. The molecule has 4 aromatic heterocycles. The van der Waals surface area contributed by atoms with Gasteiger partial charge in [0, 0.05) is 24.1 Å². The smallest absolute Gasteiger partial charge is 0.417 e. The Morgan fingerprint density at radius 2 is 1.94 bits per heavy atom. The number of anilines is 1. The van der Waals surface area contributed by atoms with E-state index in [1.54, 1.807) is 0 Å². The lowest BCUT2D eigenvalue weighted by Gasteiger charge is -2.06. The van der Waals surface area contributed by atoms with Gasteiger partial charge >= 0.3 is 12.3 Å². The highest BCUT2D eigenvalue weighted by Crippen LogP contribution is 2.31. The summed E-state index contributed by atoms with van der Waals surface area (Å²) in [7, 11) is -2.66. The third-order valence-corrected chi connectivity index (χ3v) is 6.30. The van der Waals surface area contributed by atoms with Crippen molar-refractivity contribution in [1.29, 1.82) is 0 Å². The number of nitrogens with zero attached hydrogens (tertiary/aromatic N) is 5. The number of hydrogen-bond acceptors (Lipinski definition) is 7. The first kappa shape index (κ1) is 21.5. The zero-order chi connectivity index (χ0) is 23.3. The van der Waals surface area contributed by atoms with Crippen molar-refractivity contribution in [3.8, 4) is 11.5 Å². The quantitative estimate of drug-likeness (QED) is 0.489. The van der Waals surface area contributed by atoms with E-state index in [2.05, 4.69) is 25.1 Å². The molecule has 0 aliphatic rings. The number of nitrogens with one attached hydrogen (secondary N) is 1. The number of sulfone groups is 1. The molecule has 0 fully saturated rings. The number of aromatic nitrogens is 5. The lowest BCUT2D eigenvalue weighted by Crippen LogP contribution is -2.11. The number of carbonyl (C=O) groups is 1. The fraction of sp³-hybridized carbons (Fsp3) is 0.222. The van der Waals surface area contributed by atoms with Crippen LogP contribution >= 0.6 is 0 Å². The van der Waals surface area contributed by atoms with Crippen molar-refractivity contribution < 1.29 is 31.1 Å². The number of pyridine rings is 2. The van der Waals surface area contributed by atoms with Crippen LogP contribution < -0.4 is 5.32 Å². The van der Waals surface area contributed by atoms with Gasteiger partial charge in [-0.25, -0.2) is 27.7 Å². The molecular weight excluding hydrogens is 453 g/mol. The molecule has 0 bridgehead atoms. The summed E-state index contributed by atoms with van der Waals surface area (Å²) in [4.78, 5) is 19.9. The second-order valence-corrected chi connectivity index (χ2v) is 8.78. The fourth-order valence-electron chi connectivity index (χ4n) is 3.00. The van der Waals surface area contributed by atoms with Crippen molar-refractivity contribution in [1.82, 2.24) is 24.0 Å². The Bertz CT molecular complexity index is 1460. The molecule has 0 atom stereocenters. The minimum absolute atomic E-state index is 0.0814. The van der Waals surface area contributed by atoms with Gasteiger partial charge in [0.25, 0.3) is 0 Å². The van der Waals surface area contributed by atoms with Gasteiger partial charge in [-0.2, -0.15) is 13.2 Å². The average molecular weight is 468 g/mol. The van der Waals surface area contributed by atoms with Gasteiger partial charge in [0.05, 0.1) is 18.4 Å². The number of ether oxygens (including phenoxy) is 1. The second kappa shape index (κ2) is 7.47. The molecule has 0 saturated heterocycles. The molecule has 4 heterocycles. The van der Waals surface area contributed by atoms with E-state index >= 15 is 0 Å². The van der Waals surface area contributed by atoms with E-state index in [1.807, 2.05) is 0 Å². The van der Waals surface area contributed by atoms with Crippen LogP contribution in [-0.4, -0.2) is 51.4 Å². The van der Waals surface area contributed by atoms with Crippen LogP contribution in [0.25, 0.3) is 22.8 Å². The zero-order valence-corrected chi connectivity index (χ0v) is 17.4. The van der Waals surface area contributed by atoms with Crippen LogP contribution in [0.4, 0.5) is 23.7 Å². The van der Waals surface area contributed by atoms with Crippen molar-refractivity contribution in [2.45, 2.75) is 18.1 Å². The van der Waals surface area contributed by atoms with E-state index in [0.29, 0.717) is 5.69 Å². The molecule has 0 radical (unpaired) electrons. The Labute approximate surface area is 178 Å². The Kier molecular flexibility index (Phi) is 5.03. The first-order chi connectivity index (χ1) is 15.0. The molecule has 0 saturated carbocycles. The molecule has 0 aliphatic carbocycles. The van der Waals surface area contributed by atoms with Crippen molar-refractivity contribution in [2.75, 3.05) is 18.2 Å². The molecule has 10 nitrogen and oxygen atoms in total. The Balaban J connectivity index is 1.92. The average Bonchev–Trinajstić information content (AvgIpc) is 3.33. The molecule has 1 amide bonds. The molecule has 0 aliphatic heterocycles. The third-order valence-electron chi connectivity index (χ3n) is 4.56. The molecule has 1 N–H and O–H groups in total. The van der Waals surface area contributed by atoms with Crippen LogP contribution in [-0.2, 0) is 20.8 Å². The van der Waals surface area contributed by atoms with Gasteiger partial charge in [-0.05, 0) is 18.2 Å². The molecule has 14 heteroatoms. The molecule has 0 aromatic carbocycles. The largest absolute Gasteiger partial charge is 0.453 e. The first-order valence-electron chi connectivity index (χ1n) is 9.07. The van der Waals surface area contributed by atoms with Crippen LogP contribution in [0.3, 0.4) is 0 Å². The number of methoxy groups -OCH3 is 1. The Hall–Kier alpha value is -3.68. The number of imidazole rings is 1. The molecular formula is C18H15F3N6O4S. The monoisotopic (exact) mass is 468 g/mol. The van der Waals surface area contributed by atoms with Gasteiger partial charge in [-0.1, -0.05) is 6.92 Å². The highest BCUT2D eigenvalue weighted by atomic mass is 32.2. The van der Waals surface area contributed by atoms with Crippen LogP contribution in [0.1, 0.15) is 12.5 Å². The van der Waals surface area contributed by atoms with Crippen molar-refractivity contribution in [3.05, 3.63) is 42.2 Å². The molecule has 32 heavy (non-hydrogen) atoms. The highest BCUT2D eigenvalue weighted by molar-refractivity contribution is 7.91. The second-order valence-electron chi connectivity index (χ2n) is 6.58. The van der Waals surface area contributed by atoms with Crippen molar-refractivity contribution in [2.24, 2.45) is 0 Å². The van der Waals surface area contributed by atoms with E-state index in [9.17, 15) is 26.4 Å². The van der Waals surface area contributed by atoms with Crippen molar-refractivity contribution in [3.63, 3.8) is 0 Å². The van der Waals surface area contributed by atoms with Gasteiger partial charge in [0.1, 0.15) is 11.3 Å². The maximum absolute atomic E-state index is 13.0. The van der Waals surface area contributed by atoms with E-state index in [-0.39, 0.29) is 33.6 Å². The summed E-state index contributed by atoms with van der Waals surface area (Å²) in [5.41, 5.74) is -0.538. The number of alkyl halides is 3. The van der Waals surface area contributed by atoms with Crippen LogP contribution in [0, 0.1) is 0 Å². The maximum atomic E-state index is 13.0. The highest BCUT2D eigenvalue weighted by Gasteiger charge is 2.32. The summed E-state index contributed by atoms with van der Waals surface area (Å²) in [5, 5.41) is 6.25. The maximum Gasteiger partial charge on any atom is 0.417 e. The zero-order valence-electron chi connectivity index (χ0n) is 16.6. The van der Waals surface area contributed by atoms with Crippen molar-refractivity contribution >= 4 is 32.9 Å². The summed E-state index contributed by atoms with van der Waals surface area (Å²) >= 11 is 0. The number of amides is 1. The summed E-state index contributed by atoms with van der Waals surface area (Å²) < 4.78 is 71.4. The standard InChI is InChI=1S/C18H15F3N6O4S/c1-3-32(29,30)16-14(23-13-8-11(6-7-26(13)16)22-17(28)31-2)15-24-12-5-4-10(18(19,20)21)9-27(12)25-15/h4-9H,3H2,1-2H3,(H,22,28). The predicted molar refractivity (Wildman–Crippen MR) is 106 cm³/mol. The minimum atomic E-state index is -4.58. The van der Waals surface area contributed by atoms with Gasteiger partial charge < -0.3 is 4.74 Å². The predicted octanol–water partition coefficient (Wildman–Crippen LogP) is 3.03. The molecule has 0 spiro atoms. The van der Waals surface area contributed by atoms with Crippen LogP contribution in [0.2, 0.25) is 0 Å². The molecule has 4 rings (SSSR count). The number of carbonyl (C=O) groups excluding carboxylic acids is 1. The van der Waals surface area contributed by atoms with E-state index in [4.69, 9.17) is 0 Å². The van der Waals surface area contributed by atoms with Gasteiger partial charge in [-0.3, -0.25) is 9.72 Å².